The van der Waals surface area contributed by atoms with Crippen LogP contribution in [-0.2, 0) is 11.3 Å². The smallest absolute Gasteiger partial charge is 0.224 e. The standard InChI is InChI=1S/C20H32N4O.HI/c1-3-4-12-21-20(23-16-18-9-7-17(2)8-10-18)22-13-11-19(25)24-14-5-6-15-24;/h7-10H,3-6,11-16H2,1-2H3,(H2,21,22,23);1H. The van der Waals surface area contributed by atoms with Crippen LogP contribution in [-0.4, -0.2) is 42.9 Å². The van der Waals surface area contributed by atoms with Gasteiger partial charge in [-0.05, 0) is 31.7 Å². The summed E-state index contributed by atoms with van der Waals surface area (Å²) < 4.78 is 0. The van der Waals surface area contributed by atoms with E-state index in [0.29, 0.717) is 19.5 Å². The summed E-state index contributed by atoms with van der Waals surface area (Å²) in [5, 5.41) is 6.67. The zero-order chi connectivity index (χ0) is 17.9. The van der Waals surface area contributed by atoms with Gasteiger partial charge in [0.1, 0.15) is 0 Å². The highest BCUT2D eigenvalue weighted by molar-refractivity contribution is 14.0. The number of amides is 1. The van der Waals surface area contributed by atoms with Crippen LogP contribution < -0.4 is 10.6 Å². The molecule has 0 bridgehead atoms. The first-order chi connectivity index (χ1) is 12.2. The van der Waals surface area contributed by atoms with Gasteiger partial charge in [0.2, 0.25) is 5.91 Å². The second-order valence-electron chi connectivity index (χ2n) is 6.70. The molecule has 6 heteroatoms. The minimum atomic E-state index is 0. The molecule has 0 radical (unpaired) electrons. The Balaban J connectivity index is 0.00000338. The maximum Gasteiger partial charge on any atom is 0.224 e. The van der Waals surface area contributed by atoms with Crippen molar-refractivity contribution < 1.29 is 4.79 Å². The second-order valence-corrected chi connectivity index (χ2v) is 6.70. The van der Waals surface area contributed by atoms with Gasteiger partial charge in [-0.1, -0.05) is 43.2 Å². The summed E-state index contributed by atoms with van der Waals surface area (Å²) in [7, 11) is 0. The Morgan fingerprint density at radius 1 is 1.12 bits per heavy atom. The Morgan fingerprint density at radius 2 is 1.77 bits per heavy atom. The van der Waals surface area contributed by atoms with E-state index in [1.165, 1.54) is 11.1 Å². The molecule has 1 fully saturated rings. The quantitative estimate of drug-likeness (QED) is 0.264. The molecule has 0 aromatic heterocycles. The van der Waals surface area contributed by atoms with Gasteiger partial charge in [-0.15, -0.1) is 24.0 Å². The van der Waals surface area contributed by atoms with Crippen molar-refractivity contribution in [2.45, 2.75) is 52.5 Å². The van der Waals surface area contributed by atoms with Crippen molar-refractivity contribution in [1.29, 1.82) is 0 Å². The molecular formula is C20H33IN4O. The third kappa shape index (κ3) is 8.38. The second kappa shape index (κ2) is 12.9. The maximum absolute atomic E-state index is 12.1. The largest absolute Gasteiger partial charge is 0.356 e. The highest BCUT2D eigenvalue weighted by Gasteiger charge is 2.17. The Labute approximate surface area is 175 Å². The minimum absolute atomic E-state index is 0. The molecule has 146 valence electrons. The number of halogens is 1. The van der Waals surface area contributed by atoms with Crippen molar-refractivity contribution in [2.75, 3.05) is 26.2 Å². The van der Waals surface area contributed by atoms with E-state index < -0.39 is 0 Å². The van der Waals surface area contributed by atoms with Crippen molar-refractivity contribution in [2.24, 2.45) is 4.99 Å². The van der Waals surface area contributed by atoms with Crippen LogP contribution in [0.2, 0.25) is 0 Å². The lowest BCUT2D eigenvalue weighted by molar-refractivity contribution is -0.129. The van der Waals surface area contributed by atoms with Gasteiger partial charge in [0.25, 0.3) is 0 Å². The van der Waals surface area contributed by atoms with E-state index in [1.807, 2.05) is 4.90 Å². The fraction of sp³-hybridized carbons (Fsp3) is 0.600. The summed E-state index contributed by atoms with van der Waals surface area (Å²) in [5.74, 6) is 1.04. The van der Waals surface area contributed by atoms with Gasteiger partial charge in [-0.25, -0.2) is 4.99 Å². The molecule has 0 unspecified atom stereocenters. The van der Waals surface area contributed by atoms with E-state index in [1.54, 1.807) is 0 Å². The van der Waals surface area contributed by atoms with Crippen LogP contribution in [0.5, 0.6) is 0 Å². The van der Waals surface area contributed by atoms with Crippen molar-refractivity contribution in [3.8, 4) is 0 Å². The molecule has 2 rings (SSSR count). The first-order valence-corrected chi connectivity index (χ1v) is 9.54. The van der Waals surface area contributed by atoms with Crippen LogP contribution in [0.4, 0.5) is 0 Å². The summed E-state index contributed by atoms with van der Waals surface area (Å²) in [4.78, 5) is 18.8. The van der Waals surface area contributed by atoms with Crippen molar-refractivity contribution in [3.63, 3.8) is 0 Å². The first-order valence-electron chi connectivity index (χ1n) is 9.54. The fourth-order valence-corrected chi connectivity index (χ4v) is 2.83. The number of guanidine groups is 1. The van der Waals surface area contributed by atoms with Crippen LogP contribution in [0.3, 0.4) is 0 Å². The number of likely N-dealkylation sites (tertiary alicyclic amines) is 1. The highest BCUT2D eigenvalue weighted by atomic mass is 127. The molecule has 2 N–H and O–H groups in total. The van der Waals surface area contributed by atoms with E-state index in [9.17, 15) is 4.79 Å². The van der Waals surface area contributed by atoms with Crippen LogP contribution in [0.15, 0.2) is 29.3 Å². The number of nitrogens with one attached hydrogen (secondary N) is 2. The number of hydrogen-bond donors (Lipinski definition) is 2. The van der Waals surface area contributed by atoms with Gasteiger partial charge >= 0.3 is 0 Å². The summed E-state index contributed by atoms with van der Waals surface area (Å²) in [5.41, 5.74) is 2.45. The summed E-state index contributed by atoms with van der Waals surface area (Å²) in [6.07, 6.45) is 5.06. The molecule has 0 aliphatic carbocycles. The molecule has 0 spiro atoms. The molecule has 0 atom stereocenters. The van der Waals surface area contributed by atoms with E-state index in [0.717, 1.165) is 51.3 Å². The van der Waals surface area contributed by atoms with Crippen LogP contribution in [0.25, 0.3) is 0 Å². The van der Waals surface area contributed by atoms with Crippen molar-refractivity contribution >= 4 is 35.8 Å². The molecule has 1 amide bonds. The molecule has 0 saturated carbocycles. The normalized spacial score (nSPS) is 14.1. The summed E-state index contributed by atoms with van der Waals surface area (Å²) in [6.45, 7) is 8.26. The first kappa shape index (κ1) is 22.7. The van der Waals surface area contributed by atoms with E-state index in [4.69, 9.17) is 0 Å². The lowest BCUT2D eigenvalue weighted by Crippen LogP contribution is -2.40. The minimum Gasteiger partial charge on any atom is -0.356 e. The van der Waals surface area contributed by atoms with E-state index >= 15 is 0 Å². The van der Waals surface area contributed by atoms with Gasteiger partial charge in [0.05, 0.1) is 6.54 Å². The number of carbonyl (C=O) groups excluding carboxylic acids is 1. The third-order valence-electron chi connectivity index (χ3n) is 4.45. The molecule has 1 aliphatic rings. The van der Waals surface area contributed by atoms with Crippen LogP contribution in [0.1, 0.15) is 50.2 Å². The van der Waals surface area contributed by atoms with Gasteiger partial charge in [-0.2, -0.15) is 0 Å². The number of benzene rings is 1. The predicted octanol–water partition coefficient (Wildman–Crippen LogP) is 3.46. The number of aliphatic imine (C=N–C) groups is 1. The average molecular weight is 472 g/mol. The average Bonchev–Trinajstić information content (AvgIpc) is 3.15. The van der Waals surface area contributed by atoms with Crippen molar-refractivity contribution in [3.05, 3.63) is 35.4 Å². The van der Waals surface area contributed by atoms with Crippen molar-refractivity contribution in [1.82, 2.24) is 15.5 Å². The molecule has 1 saturated heterocycles. The third-order valence-corrected chi connectivity index (χ3v) is 4.45. The number of rotatable bonds is 8. The zero-order valence-corrected chi connectivity index (χ0v) is 18.4. The highest BCUT2D eigenvalue weighted by Crippen LogP contribution is 2.08. The van der Waals surface area contributed by atoms with Crippen LogP contribution >= 0.6 is 24.0 Å². The predicted molar refractivity (Wildman–Crippen MR) is 119 cm³/mol. The Kier molecular flexibility index (Phi) is 11.3. The van der Waals surface area contributed by atoms with Gasteiger partial charge in [0, 0.05) is 32.6 Å². The van der Waals surface area contributed by atoms with E-state index in [-0.39, 0.29) is 29.9 Å². The molecular weight excluding hydrogens is 439 g/mol. The summed E-state index contributed by atoms with van der Waals surface area (Å²) >= 11 is 0. The molecule has 26 heavy (non-hydrogen) atoms. The molecule has 1 aromatic carbocycles. The molecule has 1 aliphatic heterocycles. The molecule has 5 nitrogen and oxygen atoms in total. The van der Waals surface area contributed by atoms with E-state index in [2.05, 4.69) is 53.7 Å². The monoisotopic (exact) mass is 472 g/mol. The fourth-order valence-electron chi connectivity index (χ4n) is 2.83. The SMILES string of the molecule is CCCCNC(=NCc1ccc(C)cc1)NCCC(=O)N1CCCC1.I. The number of unbranched alkanes of at least 4 members (excludes halogenated alkanes) is 1. The Morgan fingerprint density at radius 3 is 2.42 bits per heavy atom. The topological polar surface area (TPSA) is 56.7 Å². The number of carbonyl (C=O) groups is 1. The lowest BCUT2D eigenvalue weighted by atomic mass is 10.1. The van der Waals surface area contributed by atoms with Gasteiger partial charge in [-0.3, -0.25) is 4.79 Å². The maximum atomic E-state index is 12.1. The van der Waals surface area contributed by atoms with Gasteiger partial charge in [0.15, 0.2) is 5.96 Å². The summed E-state index contributed by atoms with van der Waals surface area (Å²) in [6, 6.07) is 8.44. The Bertz CT molecular complexity index is 553. The number of hydrogen-bond acceptors (Lipinski definition) is 2. The number of nitrogens with zero attached hydrogens (tertiary/aromatic N) is 2. The molecule has 1 aromatic rings. The Hall–Kier alpha value is -1.31. The number of aryl methyl sites for hydroxylation is 1. The zero-order valence-electron chi connectivity index (χ0n) is 16.1. The lowest BCUT2D eigenvalue weighted by Gasteiger charge is -2.16. The van der Waals surface area contributed by atoms with Crippen LogP contribution in [0, 0.1) is 6.92 Å². The molecule has 1 heterocycles. The van der Waals surface area contributed by atoms with Gasteiger partial charge < -0.3 is 15.5 Å².